The van der Waals surface area contributed by atoms with Gasteiger partial charge in [-0.15, -0.1) is 0 Å². The quantitative estimate of drug-likeness (QED) is 0.790. The smallest absolute Gasteiger partial charge is 0.242 e. The molecule has 118 valence electrons. The predicted molar refractivity (Wildman–Crippen MR) is 84.2 cm³/mol. The van der Waals surface area contributed by atoms with Crippen LogP contribution in [-0.2, 0) is 10.0 Å². The molecule has 0 aliphatic carbocycles. The molecule has 1 aromatic rings. The third-order valence-corrected chi connectivity index (χ3v) is 6.43. The number of sulfonamides is 1. The molecular weight excluding hydrogens is 359 g/mol. The zero-order valence-corrected chi connectivity index (χ0v) is 14.6. The Morgan fingerprint density at radius 3 is 2.81 bits per heavy atom. The van der Waals surface area contributed by atoms with Crippen LogP contribution in [-0.4, -0.2) is 50.3 Å². The molecule has 0 spiro atoms. The van der Waals surface area contributed by atoms with E-state index in [1.807, 2.05) is 0 Å². The molecule has 0 amide bonds. The van der Waals surface area contributed by atoms with Gasteiger partial charge in [0.15, 0.2) is 0 Å². The minimum absolute atomic E-state index is 0.00764. The zero-order chi connectivity index (χ0) is 15.6. The molecule has 1 unspecified atom stereocenters. The van der Waals surface area contributed by atoms with Crippen molar-refractivity contribution in [2.24, 2.45) is 0 Å². The second-order valence-corrected chi connectivity index (χ2v) is 8.19. The Morgan fingerprint density at radius 1 is 1.48 bits per heavy atom. The van der Waals surface area contributed by atoms with Crippen molar-refractivity contribution in [1.82, 2.24) is 9.21 Å². The Hall–Kier alpha value is -0.500. The molecule has 0 aromatic heterocycles. The minimum atomic E-state index is -3.65. The first-order chi connectivity index (χ1) is 9.86. The van der Waals surface area contributed by atoms with E-state index in [2.05, 4.69) is 27.8 Å². The number of likely N-dealkylation sites (tertiary alicyclic amines) is 1. The Bertz CT molecular complexity index is 609. The highest BCUT2D eigenvalue weighted by atomic mass is 79.9. The highest BCUT2D eigenvalue weighted by Gasteiger charge is 2.29. The number of nitrogens with zero attached hydrogens (tertiary/aromatic N) is 2. The van der Waals surface area contributed by atoms with Crippen molar-refractivity contribution >= 4 is 26.0 Å². The van der Waals surface area contributed by atoms with Gasteiger partial charge in [-0.3, -0.25) is 4.90 Å². The summed E-state index contributed by atoms with van der Waals surface area (Å²) in [5.41, 5.74) is 0. The molecule has 0 radical (unpaired) electrons. The van der Waals surface area contributed by atoms with Crippen LogP contribution < -0.4 is 0 Å². The largest absolute Gasteiger partial charge is 0.299 e. The fourth-order valence-corrected chi connectivity index (χ4v) is 4.20. The van der Waals surface area contributed by atoms with Crippen LogP contribution in [0.15, 0.2) is 27.6 Å². The lowest BCUT2D eigenvalue weighted by atomic mass is 10.2. The van der Waals surface area contributed by atoms with Crippen molar-refractivity contribution in [2.75, 3.05) is 26.7 Å². The van der Waals surface area contributed by atoms with Crippen molar-refractivity contribution in [2.45, 2.75) is 30.7 Å². The molecule has 1 aliphatic heterocycles. The van der Waals surface area contributed by atoms with Gasteiger partial charge in [-0.05, 0) is 60.1 Å². The summed E-state index contributed by atoms with van der Waals surface area (Å²) in [5, 5.41) is 0. The summed E-state index contributed by atoms with van der Waals surface area (Å²) in [4.78, 5) is 2.28. The van der Waals surface area contributed by atoms with Crippen LogP contribution in [0.25, 0.3) is 0 Å². The van der Waals surface area contributed by atoms with Gasteiger partial charge in [-0.1, -0.05) is 6.92 Å². The van der Waals surface area contributed by atoms with Gasteiger partial charge in [0, 0.05) is 19.6 Å². The maximum absolute atomic E-state index is 13.6. The van der Waals surface area contributed by atoms with Crippen LogP contribution in [0.2, 0.25) is 0 Å². The highest BCUT2D eigenvalue weighted by molar-refractivity contribution is 9.10. The minimum Gasteiger partial charge on any atom is -0.299 e. The molecule has 1 heterocycles. The number of halogens is 2. The molecule has 1 aliphatic rings. The first-order valence-electron chi connectivity index (χ1n) is 7.01. The monoisotopic (exact) mass is 378 g/mol. The highest BCUT2D eigenvalue weighted by Crippen LogP contribution is 2.23. The fourth-order valence-electron chi connectivity index (χ4n) is 2.73. The summed E-state index contributed by atoms with van der Waals surface area (Å²) in [6.45, 7) is 4.46. The van der Waals surface area contributed by atoms with E-state index in [1.165, 1.54) is 16.4 Å². The average Bonchev–Trinajstić information content (AvgIpc) is 2.88. The van der Waals surface area contributed by atoms with Crippen molar-refractivity contribution in [3.8, 4) is 0 Å². The first-order valence-corrected chi connectivity index (χ1v) is 9.25. The Morgan fingerprint density at radius 2 is 2.19 bits per heavy atom. The van der Waals surface area contributed by atoms with Gasteiger partial charge in [0.25, 0.3) is 0 Å². The summed E-state index contributed by atoms with van der Waals surface area (Å²) in [7, 11) is -2.09. The van der Waals surface area contributed by atoms with Gasteiger partial charge < -0.3 is 0 Å². The molecule has 21 heavy (non-hydrogen) atoms. The molecule has 4 nitrogen and oxygen atoms in total. The normalized spacial score (nSPS) is 20.3. The first kappa shape index (κ1) is 16.9. The predicted octanol–water partition coefficient (Wildman–Crippen LogP) is 2.69. The fraction of sp³-hybridized carbons (Fsp3) is 0.571. The molecule has 1 aromatic carbocycles. The topological polar surface area (TPSA) is 40.6 Å². The maximum Gasteiger partial charge on any atom is 0.242 e. The van der Waals surface area contributed by atoms with E-state index >= 15 is 0 Å². The maximum atomic E-state index is 13.6. The lowest BCUT2D eigenvalue weighted by molar-refractivity contribution is 0.237. The molecule has 2 rings (SSSR count). The lowest BCUT2D eigenvalue weighted by Crippen LogP contribution is -2.41. The number of likely N-dealkylation sites (N-methyl/N-ethyl adjacent to an activating group) is 2. The average molecular weight is 379 g/mol. The van der Waals surface area contributed by atoms with E-state index in [9.17, 15) is 12.8 Å². The molecule has 0 N–H and O–H groups in total. The van der Waals surface area contributed by atoms with Crippen molar-refractivity contribution in [3.05, 3.63) is 28.5 Å². The second-order valence-electron chi connectivity index (χ2n) is 5.29. The van der Waals surface area contributed by atoms with Crippen LogP contribution in [0.1, 0.15) is 19.8 Å². The number of hydrogen-bond donors (Lipinski definition) is 0. The summed E-state index contributed by atoms with van der Waals surface area (Å²) in [5.74, 6) is -0.569. The SMILES string of the molecule is CCN1CCCC1CN(C)S(=O)(=O)c1ccc(Br)c(F)c1. The van der Waals surface area contributed by atoms with E-state index in [4.69, 9.17) is 0 Å². The van der Waals surface area contributed by atoms with Crippen molar-refractivity contribution < 1.29 is 12.8 Å². The Labute approximate surface area is 134 Å². The molecule has 1 atom stereocenters. The molecule has 7 heteroatoms. The van der Waals surface area contributed by atoms with Gasteiger partial charge in [0.1, 0.15) is 5.82 Å². The summed E-state index contributed by atoms with van der Waals surface area (Å²) in [6.07, 6.45) is 2.10. The number of hydrogen-bond acceptors (Lipinski definition) is 3. The molecule has 0 bridgehead atoms. The second kappa shape index (κ2) is 6.73. The summed E-state index contributed by atoms with van der Waals surface area (Å²) < 4.78 is 40.2. The van der Waals surface area contributed by atoms with Crippen LogP contribution >= 0.6 is 15.9 Å². The van der Waals surface area contributed by atoms with Crippen LogP contribution in [0, 0.1) is 5.82 Å². The van der Waals surface area contributed by atoms with Gasteiger partial charge in [-0.2, -0.15) is 4.31 Å². The summed E-state index contributed by atoms with van der Waals surface area (Å²) in [6, 6.07) is 4.15. The third kappa shape index (κ3) is 3.64. The third-order valence-electron chi connectivity index (χ3n) is 3.97. The molecule has 1 fully saturated rings. The van der Waals surface area contributed by atoms with Gasteiger partial charge in [0.2, 0.25) is 10.0 Å². The Kier molecular flexibility index (Phi) is 5.40. The van der Waals surface area contributed by atoms with E-state index in [1.54, 1.807) is 7.05 Å². The molecule has 0 saturated carbocycles. The van der Waals surface area contributed by atoms with E-state index in [0.29, 0.717) is 6.54 Å². The van der Waals surface area contributed by atoms with Crippen LogP contribution in [0.5, 0.6) is 0 Å². The van der Waals surface area contributed by atoms with Gasteiger partial charge in [-0.25, -0.2) is 12.8 Å². The van der Waals surface area contributed by atoms with Crippen LogP contribution in [0.3, 0.4) is 0 Å². The van der Waals surface area contributed by atoms with E-state index in [-0.39, 0.29) is 15.4 Å². The van der Waals surface area contributed by atoms with E-state index in [0.717, 1.165) is 32.0 Å². The van der Waals surface area contributed by atoms with Gasteiger partial charge >= 0.3 is 0 Å². The Balaban J connectivity index is 2.16. The van der Waals surface area contributed by atoms with Crippen molar-refractivity contribution in [1.29, 1.82) is 0 Å². The van der Waals surface area contributed by atoms with Gasteiger partial charge in [0.05, 0.1) is 9.37 Å². The van der Waals surface area contributed by atoms with Crippen molar-refractivity contribution in [3.63, 3.8) is 0 Å². The lowest BCUT2D eigenvalue weighted by Gasteiger charge is -2.27. The molecule has 1 saturated heterocycles. The van der Waals surface area contributed by atoms with E-state index < -0.39 is 15.8 Å². The van der Waals surface area contributed by atoms with Crippen LogP contribution in [0.4, 0.5) is 4.39 Å². The number of benzene rings is 1. The summed E-state index contributed by atoms with van der Waals surface area (Å²) >= 11 is 3.03. The standard InChI is InChI=1S/C14H20BrFN2O2S/c1-3-18-8-4-5-11(18)10-17(2)21(19,20)12-6-7-13(15)14(16)9-12/h6-7,9,11H,3-5,8,10H2,1-2H3. The zero-order valence-electron chi connectivity index (χ0n) is 12.2. The number of rotatable bonds is 5. The molecular formula is C14H20BrFN2O2S.